The highest BCUT2D eigenvalue weighted by Gasteiger charge is 2.14. The highest BCUT2D eigenvalue weighted by Crippen LogP contribution is 2.27. The number of hydrogen-bond donors (Lipinski definition) is 2. The molecule has 0 atom stereocenters. The van der Waals surface area contributed by atoms with E-state index in [0.29, 0.717) is 5.69 Å². The van der Waals surface area contributed by atoms with E-state index in [0.717, 1.165) is 17.0 Å². The lowest BCUT2D eigenvalue weighted by atomic mass is 10.1. The first-order chi connectivity index (χ1) is 10.3. The number of anilines is 2. The lowest BCUT2D eigenvalue weighted by Gasteiger charge is -2.04. The van der Waals surface area contributed by atoms with Gasteiger partial charge < -0.3 is 10.1 Å². The fourth-order valence-corrected chi connectivity index (χ4v) is 2.02. The van der Waals surface area contributed by atoms with Crippen molar-refractivity contribution in [3.05, 3.63) is 60.4 Å². The molecule has 2 aromatic carbocycles. The minimum atomic E-state index is -0.406. The largest absolute Gasteiger partial charge is 0.497 e. The molecule has 0 aliphatic carbocycles. The molecular weight excluding hydrogens is 269 g/mol. The Kier molecular flexibility index (Phi) is 3.55. The van der Waals surface area contributed by atoms with Crippen molar-refractivity contribution in [2.45, 2.75) is 0 Å². The van der Waals surface area contributed by atoms with Crippen LogP contribution in [0.15, 0.2) is 54.6 Å². The Hall–Kier alpha value is -2.82. The summed E-state index contributed by atoms with van der Waals surface area (Å²) in [6.07, 6.45) is 0. The third-order valence-electron chi connectivity index (χ3n) is 3.12. The SMILES string of the molecule is COc1ccc(Nc2n[nH]c(-c3ccccc3)c2F)cc1. The Labute approximate surface area is 121 Å². The van der Waals surface area contributed by atoms with Crippen LogP contribution in [0.2, 0.25) is 0 Å². The van der Waals surface area contributed by atoms with Gasteiger partial charge in [-0.2, -0.15) is 5.10 Å². The molecule has 0 aliphatic rings. The Balaban J connectivity index is 1.85. The van der Waals surface area contributed by atoms with Gasteiger partial charge >= 0.3 is 0 Å². The summed E-state index contributed by atoms with van der Waals surface area (Å²) in [4.78, 5) is 0. The minimum Gasteiger partial charge on any atom is -0.497 e. The number of nitrogens with one attached hydrogen (secondary N) is 2. The van der Waals surface area contributed by atoms with Crippen molar-refractivity contribution in [2.24, 2.45) is 0 Å². The van der Waals surface area contributed by atoms with Gasteiger partial charge in [-0.15, -0.1) is 0 Å². The van der Waals surface area contributed by atoms with Gasteiger partial charge in [-0.1, -0.05) is 30.3 Å². The minimum absolute atomic E-state index is 0.166. The number of hydrogen-bond acceptors (Lipinski definition) is 3. The fourth-order valence-electron chi connectivity index (χ4n) is 2.02. The Morgan fingerprint density at radius 1 is 1.05 bits per heavy atom. The molecule has 1 aromatic heterocycles. The summed E-state index contributed by atoms with van der Waals surface area (Å²) in [5.74, 6) is 0.504. The van der Waals surface area contributed by atoms with E-state index in [-0.39, 0.29) is 5.82 Å². The number of aromatic nitrogens is 2. The van der Waals surface area contributed by atoms with Gasteiger partial charge in [-0.3, -0.25) is 5.10 Å². The van der Waals surface area contributed by atoms with Crippen molar-refractivity contribution < 1.29 is 9.13 Å². The van der Waals surface area contributed by atoms with Crippen molar-refractivity contribution in [2.75, 3.05) is 12.4 Å². The number of nitrogens with zero attached hydrogens (tertiary/aromatic N) is 1. The Morgan fingerprint density at radius 3 is 2.43 bits per heavy atom. The van der Waals surface area contributed by atoms with Gasteiger partial charge in [0.25, 0.3) is 0 Å². The monoisotopic (exact) mass is 283 g/mol. The number of methoxy groups -OCH3 is 1. The zero-order chi connectivity index (χ0) is 14.7. The number of rotatable bonds is 4. The second kappa shape index (κ2) is 5.66. The predicted octanol–water partition coefficient (Wildman–Crippen LogP) is 3.97. The van der Waals surface area contributed by atoms with E-state index in [9.17, 15) is 4.39 Å². The van der Waals surface area contributed by atoms with Crippen molar-refractivity contribution in [1.29, 1.82) is 0 Å². The Morgan fingerprint density at radius 2 is 1.76 bits per heavy atom. The van der Waals surface area contributed by atoms with Crippen LogP contribution in [0.5, 0.6) is 5.75 Å². The second-order valence-corrected chi connectivity index (χ2v) is 4.48. The standard InChI is InChI=1S/C16H14FN3O/c1-21-13-9-7-12(8-10-13)18-16-14(17)15(19-20-16)11-5-3-2-4-6-11/h2-10H,1H3,(H2,18,19,20). The number of ether oxygens (including phenoxy) is 1. The van der Waals surface area contributed by atoms with Crippen LogP contribution in [0.4, 0.5) is 15.9 Å². The molecule has 0 spiro atoms. The van der Waals surface area contributed by atoms with E-state index in [1.807, 2.05) is 30.3 Å². The first-order valence-electron chi connectivity index (χ1n) is 6.48. The molecule has 0 saturated carbocycles. The number of benzene rings is 2. The molecule has 3 aromatic rings. The third kappa shape index (κ3) is 2.72. The summed E-state index contributed by atoms with van der Waals surface area (Å²) in [5, 5.41) is 9.65. The summed E-state index contributed by atoms with van der Waals surface area (Å²) in [6, 6.07) is 16.4. The molecule has 0 amide bonds. The molecule has 0 bridgehead atoms. The molecule has 21 heavy (non-hydrogen) atoms. The van der Waals surface area contributed by atoms with E-state index in [1.165, 1.54) is 0 Å². The number of aromatic amines is 1. The van der Waals surface area contributed by atoms with Crippen molar-refractivity contribution >= 4 is 11.5 Å². The van der Waals surface area contributed by atoms with E-state index >= 15 is 0 Å². The van der Waals surface area contributed by atoms with Crippen LogP contribution in [-0.2, 0) is 0 Å². The Bertz CT molecular complexity index is 723. The zero-order valence-electron chi connectivity index (χ0n) is 11.4. The normalized spacial score (nSPS) is 10.4. The van der Waals surface area contributed by atoms with Gasteiger partial charge in [0.15, 0.2) is 11.6 Å². The molecule has 1 heterocycles. The molecule has 0 fully saturated rings. The summed E-state index contributed by atoms with van der Waals surface area (Å²) in [6.45, 7) is 0. The quantitative estimate of drug-likeness (QED) is 0.761. The average Bonchev–Trinajstić information content (AvgIpc) is 2.90. The fraction of sp³-hybridized carbons (Fsp3) is 0.0625. The van der Waals surface area contributed by atoms with Gasteiger partial charge in [0.1, 0.15) is 11.4 Å². The zero-order valence-corrected chi connectivity index (χ0v) is 11.4. The van der Waals surface area contributed by atoms with Crippen LogP contribution in [0.1, 0.15) is 0 Å². The van der Waals surface area contributed by atoms with Crippen LogP contribution >= 0.6 is 0 Å². The maximum absolute atomic E-state index is 14.4. The van der Waals surface area contributed by atoms with Crippen LogP contribution in [0.25, 0.3) is 11.3 Å². The molecule has 106 valence electrons. The molecule has 2 N–H and O–H groups in total. The van der Waals surface area contributed by atoms with Crippen LogP contribution in [-0.4, -0.2) is 17.3 Å². The molecule has 0 saturated heterocycles. The molecule has 4 nitrogen and oxygen atoms in total. The van der Waals surface area contributed by atoms with E-state index in [1.54, 1.807) is 31.4 Å². The molecule has 0 radical (unpaired) electrons. The summed E-state index contributed by atoms with van der Waals surface area (Å²) in [7, 11) is 1.60. The first-order valence-corrected chi connectivity index (χ1v) is 6.48. The predicted molar refractivity (Wildman–Crippen MR) is 80.3 cm³/mol. The highest BCUT2D eigenvalue weighted by atomic mass is 19.1. The maximum atomic E-state index is 14.4. The molecule has 0 unspecified atom stereocenters. The van der Waals surface area contributed by atoms with Crippen molar-refractivity contribution in [1.82, 2.24) is 10.2 Å². The van der Waals surface area contributed by atoms with Crippen LogP contribution < -0.4 is 10.1 Å². The van der Waals surface area contributed by atoms with E-state index < -0.39 is 5.82 Å². The van der Waals surface area contributed by atoms with E-state index in [4.69, 9.17) is 4.74 Å². The van der Waals surface area contributed by atoms with Crippen molar-refractivity contribution in [3.8, 4) is 17.0 Å². The lowest BCUT2D eigenvalue weighted by molar-refractivity contribution is 0.415. The second-order valence-electron chi connectivity index (χ2n) is 4.48. The van der Waals surface area contributed by atoms with Gasteiger partial charge in [0.2, 0.25) is 0 Å². The smallest absolute Gasteiger partial charge is 0.193 e. The lowest BCUT2D eigenvalue weighted by Crippen LogP contribution is -1.93. The average molecular weight is 283 g/mol. The van der Waals surface area contributed by atoms with Gasteiger partial charge in [-0.25, -0.2) is 4.39 Å². The molecule has 3 rings (SSSR count). The molecular formula is C16H14FN3O. The summed E-state index contributed by atoms with van der Waals surface area (Å²) in [5.41, 5.74) is 1.86. The van der Waals surface area contributed by atoms with Crippen LogP contribution in [0, 0.1) is 5.82 Å². The third-order valence-corrected chi connectivity index (χ3v) is 3.12. The van der Waals surface area contributed by atoms with Gasteiger partial charge in [0, 0.05) is 11.3 Å². The highest BCUT2D eigenvalue weighted by molar-refractivity contribution is 5.67. The van der Waals surface area contributed by atoms with E-state index in [2.05, 4.69) is 15.5 Å². The van der Waals surface area contributed by atoms with Gasteiger partial charge in [-0.05, 0) is 24.3 Å². The number of halogens is 1. The summed E-state index contributed by atoms with van der Waals surface area (Å²) < 4.78 is 19.4. The molecule has 5 heteroatoms. The first kappa shape index (κ1) is 13.2. The van der Waals surface area contributed by atoms with Crippen LogP contribution in [0.3, 0.4) is 0 Å². The number of H-pyrrole nitrogens is 1. The maximum Gasteiger partial charge on any atom is 0.193 e. The topological polar surface area (TPSA) is 49.9 Å². The van der Waals surface area contributed by atoms with Crippen molar-refractivity contribution in [3.63, 3.8) is 0 Å². The molecule has 0 aliphatic heterocycles. The van der Waals surface area contributed by atoms with Gasteiger partial charge in [0.05, 0.1) is 7.11 Å². The summed E-state index contributed by atoms with van der Waals surface area (Å²) >= 11 is 0.